The van der Waals surface area contributed by atoms with E-state index in [1.54, 1.807) is 42.5 Å². The molecule has 5 nitrogen and oxygen atoms in total. The topological polar surface area (TPSA) is 75.3 Å². The molecule has 0 spiro atoms. The van der Waals surface area contributed by atoms with Crippen molar-refractivity contribution in [3.63, 3.8) is 0 Å². The number of amides is 1. The Kier molecular flexibility index (Phi) is 5.57. The van der Waals surface area contributed by atoms with E-state index < -0.39 is 10.0 Å². The summed E-state index contributed by atoms with van der Waals surface area (Å²) in [5, 5.41) is 2.62. The lowest BCUT2D eigenvalue weighted by Crippen LogP contribution is -2.25. The zero-order chi connectivity index (χ0) is 16.9. The Morgan fingerprint density at radius 3 is 2.61 bits per heavy atom. The number of benzene rings is 2. The van der Waals surface area contributed by atoms with E-state index in [-0.39, 0.29) is 22.1 Å². The van der Waals surface area contributed by atoms with Crippen molar-refractivity contribution in [1.29, 1.82) is 0 Å². The minimum Gasteiger partial charge on any atom is -0.349 e. The van der Waals surface area contributed by atoms with Crippen molar-refractivity contribution in [2.75, 3.05) is 11.3 Å². The maximum Gasteiger partial charge on any atom is 0.261 e. The molecule has 0 saturated carbocycles. The Balaban J connectivity index is 2.33. The first-order chi connectivity index (χ1) is 10.9. The number of hydrogen-bond acceptors (Lipinski definition) is 3. The van der Waals surface area contributed by atoms with Gasteiger partial charge < -0.3 is 5.32 Å². The second kappa shape index (κ2) is 7.43. The van der Waals surface area contributed by atoms with E-state index in [2.05, 4.69) is 32.5 Å². The number of carbonyl (C=O) groups is 1. The average molecular weight is 395 g/mol. The molecule has 0 atom stereocenters. The molecule has 0 saturated heterocycles. The SMILES string of the molecule is C=CCNC(=O)c1ccccc1NS(=O)(=O)c1cccc(Br)c1. The first kappa shape index (κ1) is 17.2. The summed E-state index contributed by atoms with van der Waals surface area (Å²) in [4.78, 5) is 12.2. The third kappa shape index (κ3) is 4.43. The number of rotatable bonds is 6. The van der Waals surface area contributed by atoms with Crippen LogP contribution in [0.25, 0.3) is 0 Å². The Hall–Kier alpha value is -2.12. The Labute approximate surface area is 143 Å². The third-order valence-corrected chi connectivity index (χ3v) is 4.79. The van der Waals surface area contributed by atoms with Crippen molar-refractivity contribution in [3.8, 4) is 0 Å². The van der Waals surface area contributed by atoms with E-state index in [9.17, 15) is 13.2 Å². The summed E-state index contributed by atoms with van der Waals surface area (Å²) in [6.07, 6.45) is 1.55. The van der Waals surface area contributed by atoms with E-state index in [0.717, 1.165) is 0 Å². The van der Waals surface area contributed by atoms with Crippen LogP contribution in [0.4, 0.5) is 5.69 Å². The molecule has 0 bridgehead atoms. The highest BCUT2D eigenvalue weighted by atomic mass is 79.9. The van der Waals surface area contributed by atoms with Crippen LogP contribution in [0.2, 0.25) is 0 Å². The van der Waals surface area contributed by atoms with Crippen molar-refractivity contribution in [1.82, 2.24) is 5.32 Å². The average Bonchev–Trinajstić information content (AvgIpc) is 2.53. The number of carbonyl (C=O) groups excluding carboxylic acids is 1. The van der Waals surface area contributed by atoms with E-state index in [0.29, 0.717) is 11.0 Å². The molecule has 1 amide bonds. The van der Waals surface area contributed by atoms with Crippen molar-refractivity contribution in [2.24, 2.45) is 0 Å². The summed E-state index contributed by atoms with van der Waals surface area (Å²) in [7, 11) is -3.79. The zero-order valence-corrected chi connectivity index (χ0v) is 14.5. The summed E-state index contributed by atoms with van der Waals surface area (Å²) in [6.45, 7) is 3.82. The lowest BCUT2D eigenvalue weighted by molar-refractivity contribution is 0.0959. The second-order valence-electron chi connectivity index (χ2n) is 4.61. The molecule has 0 fully saturated rings. The van der Waals surface area contributed by atoms with Gasteiger partial charge in [0.2, 0.25) is 0 Å². The molecule has 0 unspecified atom stereocenters. The summed E-state index contributed by atoms with van der Waals surface area (Å²) in [5.41, 5.74) is 0.460. The normalized spacial score (nSPS) is 10.8. The van der Waals surface area contributed by atoms with Crippen LogP contribution in [0.1, 0.15) is 10.4 Å². The molecule has 120 valence electrons. The quantitative estimate of drug-likeness (QED) is 0.738. The minimum atomic E-state index is -3.79. The molecular formula is C16H15BrN2O3S. The van der Waals surface area contributed by atoms with Crippen LogP contribution in [-0.4, -0.2) is 20.9 Å². The van der Waals surface area contributed by atoms with Gasteiger partial charge in [0.05, 0.1) is 16.1 Å². The standard InChI is InChI=1S/C16H15BrN2O3S/c1-2-10-18-16(20)14-8-3-4-9-15(14)19-23(21,22)13-7-5-6-12(17)11-13/h2-9,11,19H,1,10H2,(H,18,20). The maximum atomic E-state index is 12.5. The number of para-hydroxylation sites is 1. The number of halogens is 1. The van der Waals surface area contributed by atoms with E-state index in [1.807, 2.05) is 0 Å². The number of sulfonamides is 1. The van der Waals surface area contributed by atoms with Crippen molar-refractivity contribution in [3.05, 3.63) is 71.2 Å². The number of hydrogen-bond donors (Lipinski definition) is 2. The molecule has 0 aliphatic heterocycles. The fraction of sp³-hybridized carbons (Fsp3) is 0.0625. The first-order valence-electron chi connectivity index (χ1n) is 6.70. The molecule has 0 radical (unpaired) electrons. The second-order valence-corrected chi connectivity index (χ2v) is 7.21. The van der Waals surface area contributed by atoms with Crippen LogP contribution in [0, 0.1) is 0 Å². The van der Waals surface area contributed by atoms with E-state index in [1.165, 1.54) is 12.1 Å². The number of nitrogens with one attached hydrogen (secondary N) is 2. The Morgan fingerprint density at radius 1 is 1.17 bits per heavy atom. The van der Waals surface area contributed by atoms with Crippen LogP contribution >= 0.6 is 15.9 Å². The molecule has 7 heteroatoms. The van der Waals surface area contributed by atoms with Gasteiger partial charge in [0.1, 0.15) is 0 Å². The van der Waals surface area contributed by atoms with Crippen LogP contribution in [0.5, 0.6) is 0 Å². The predicted molar refractivity (Wildman–Crippen MR) is 93.9 cm³/mol. The molecule has 0 aliphatic carbocycles. The Bertz CT molecular complexity index is 835. The zero-order valence-electron chi connectivity index (χ0n) is 12.1. The minimum absolute atomic E-state index is 0.105. The lowest BCUT2D eigenvalue weighted by Gasteiger charge is -2.12. The molecule has 2 aromatic rings. The molecular weight excluding hydrogens is 380 g/mol. The van der Waals surface area contributed by atoms with Crippen molar-refractivity contribution < 1.29 is 13.2 Å². The highest BCUT2D eigenvalue weighted by Crippen LogP contribution is 2.22. The van der Waals surface area contributed by atoms with Gasteiger partial charge in [-0.15, -0.1) is 6.58 Å². The van der Waals surface area contributed by atoms with Gasteiger partial charge in [-0.3, -0.25) is 9.52 Å². The fourth-order valence-corrected chi connectivity index (χ4v) is 3.54. The summed E-state index contributed by atoms with van der Waals surface area (Å²) < 4.78 is 28.0. The van der Waals surface area contributed by atoms with Crippen LogP contribution in [-0.2, 0) is 10.0 Å². The fourth-order valence-electron chi connectivity index (χ4n) is 1.87. The smallest absolute Gasteiger partial charge is 0.261 e. The molecule has 0 heterocycles. The first-order valence-corrected chi connectivity index (χ1v) is 8.98. The highest BCUT2D eigenvalue weighted by molar-refractivity contribution is 9.10. The summed E-state index contributed by atoms with van der Waals surface area (Å²) in [5.74, 6) is -0.377. The maximum absolute atomic E-state index is 12.5. The Morgan fingerprint density at radius 2 is 1.91 bits per heavy atom. The van der Waals surface area contributed by atoms with Crippen LogP contribution in [0.15, 0.2) is 70.6 Å². The largest absolute Gasteiger partial charge is 0.349 e. The van der Waals surface area contributed by atoms with E-state index in [4.69, 9.17) is 0 Å². The summed E-state index contributed by atoms with van der Waals surface area (Å²) in [6, 6.07) is 12.7. The monoisotopic (exact) mass is 394 g/mol. The van der Waals surface area contributed by atoms with Crippen LogP contribution in [0.3, 0.4) is 0 Å². The molecule has 2 N–H and O–H groups in total. The predicted octanol–water partition coefficient (Wildman–Crippen LogP) is 3.17. The van der Waals surface area contributed by atoms with Gasteiger partial charge in [-0.1, -0.05) is 40.2 Å². The van der Waals surface area contributed by atoms with Gasteiger partial charge in [0.25, 0.3) is 15.9 Å². The molecule has 0 aliphatic rings. The summed E-state index contributed by atoms with van der Waals surface area (Å²) >= 11 is 3.24. The molecule has 2 rings (SSSR count). The van der Waals surface area contributed by atoms with Gasteiger partial charge in [0, 0.05) is 11.0 Å². The number of anilines is 1. The van der Waals surface area contributed by atoms with Gasteiger partial charge in [-0.05, 0) is 30.3 Å². The van der Waals surface area contributed by atoms with Gasteiger partial charge >= 0.3 is 0 Å². The van der Waals surface area contributed by atoms with Gasteiger partial charge in [0.15, 0.2) is 0 Å². The van der Waals surface area contributed by atoms with Crippen LogP contribution < -0.4 is 10.0 Å². The van der Waals surface area contributed by atoms with E-state index >= 15 is 0 Å². The lowest BCUT2D eigenvalue weighted by atomic mass is 10.1. The van der Waals surface area contributed by atoms with Gasteiger partial charge in [-0.25, -0.2) is 8.42 Å². The third-order valence-electron chi connectivity index (χ3n) is 2.93. The molecule has 2 aromatic carbocycles. The van der Waals surface area contributed by atoms with Crippen molar-refractivity contribution >= 4 is 37.5 Å². The highest BCUT2D eigenvalue weighted by Gasteiger charge is 2.18. The molecule has 0 aromatic heterocycles. The van der Waals surface area contributed by atoms with Gasteiger partial charge in [-0.2, -0.15) is 0 Å². The molecule has 23 heavy (non-hydrogen) atoms. The van der Waals surface area contributed by atoms with Crippen molar-refractivity contribution in [2.45, 2.75) is 4.90 Å².